The Kier molecular flexibility index (Phi) is 5.69. The molecule has 2 aromatic carbocycles. The fourth-order valence-electron chi connectivity index (χ4n) is 1.89. The first-order chi connectivity index (χ1) is 11.4. The minimum absolute atomic E-state index is 0.124. The molecule has 122 valence electrons. The average molecular weight is 361 g/mol. The number of nitrogens with two attached hydrogens (primary N) is 1. The van der Waals surface area contributed by atoms with Crippen molar-refractivity contribution in [3.8, 4) is 6.07 Å². The number of carbonyl (C=O) groups excluding carboxylic acids is 1. The van der Waals surface area contributed by atoms with Crippen LogP contribution in [0.3, 0.4) is 0 Å². The number of hydrogen-bond donors (Lipinski definition) is 3. The molecule has 0 aliphatic rings. The minimum atomic E-state index is -0.597. The zero-order valence-electron chi connectivity index (χ0n) is 12.7. The Balaban J connectivity index is 2.15. The van der Waals surface area contributed by atoms with Crippen LogP contribution in [0.25, 0.3) is 0 Å². The Bertz CT molecular complexity index is 856. The molecule has 0 atom stereocenters. The molecule has 0 saturated carbocycles. The number of hydrogen-bond acceptors (Lipinski definition) is 4. The SMILES string of the molecule is Cc1ccc(N/C=C(/C#N)C(=O)Nc2ccc(Cl)cc2Cl)c(N)c1. The van der Waals surface area contributed by atoms with E-state index < -0.39 is 5.91 Å². The Hall–Kier alpha value is -2.68. The van der Waals surface area contributed by atoms with Gasteiger partial charge in [0, 0.05) is 11.2 Å². The van der Waals surface area contributed by atoms with Gasteiger partial charge in [-0.3, -0.25) is 4.79 Å². The lowest BCUT2D eigenvalue weighted by molar-refractivity contribution is -0.112. The molecule has 0 bridgehead atoms. The molecule has 0 fully saturated rings. The number of amides is 1. The summed E-state index contributed by atoms with van der Waals surface area (Å²) >= 11 is 11.8. The molecule has 0 unspecified atom stereocenters. The highest BCUT2D eigenvalue weighted by molar-refractivity contribution is 6.36. The molecule has 2 aromatic rings. The van der Waals surface area contributed by atoms with Crippen LogP contribution >= 0.6 is 23.2 Å². The summed E-state index contributed by atoms with van der Waals surface area (Å²) in [5, 5.41) is 15.3. The maximum atomic E-state index is 12.2. The zero-order chi connectivity index (χ0) is 17.7. The zero-order valence-corrected chi connectivity index (χ0v) is 14.2. The van der Waals surface area contributed by atoms with Gasteiger partial charge in [-0.25, -0.2) is 0 Å². The van der Waals surface area contributed by atoms with Crippen LogP contribution in [-0.2, 0) is 4.79 Å². The van der Waals surface area contributed by atoms with E-state index in [4.69, 9.17) is 28.9 Å². The van der Waals surface area contributed by atoms with Crippen molar-refractivity contribution in [3.63, 3.8) is 0 Å². The molecule has 0 aliphatic heterocycles. The summed E-state index contributed by atoms with van der Waals surface area (Å²) < 4.78 is 0. The number of anilines is 3. The molecule has 0 saturated heterocycles. The molecule has 0 heterocycles. The maximum absolute atomic E-state index is 12.2. The largest absolute Gasteiger partial charge is 0.397 e. The maximum Gasteiger partial charge on any atom is 0.267 e. The number of nitrogens with one attached hydrogen (secondary N) is 2. The van der Waals surface area contributed by atoms with Crippen molar-refractivity contribution in [2.24, 2.45) is 0 Å². The van der Waals surface area contributed by atoms with Crippen molar-refractivity contribution in [2.75, 3.05) is 16.4 Å². The summed E-state index contributed by atoms with van der Waals surface area (Å²) in [5.74, 6) is -0.597. The van der Waals surface area contributed by atoms with Crippen molar-refractivity contribution in [1.82, 2.24) is 0 Å². The van der Waals surface area contributed by atoms with Crippen LogP contribution in [-0.4, -0.2) is 5.91 Å². The molecule has 2 rings (SSSR count). The summed E-state index contributed by atoms with van der Waals surface area (Å²) in [7, 11) is 0. The summed E-state index contributed by atoms with van der Waals surface area (Å²) in [6, 6.07) is 11.9. The lowest BCUT2D eigenvalue weighted by atomic mass is 10.2. The molecule has 0 spiro atoms. The van der Waals surface area contributed by atoms with E-state index in [0.717, 1.165) is 5.56 Å². The third-order valence-corrected chi connectivity index (χ3v) is 3.67. The second kappa shape index (κ2) is 7.73. The van der Waals surface area contributed by atoms with E-state index in [2.05, 4.69) is 10.6 Å². The molecule has 7 heteroatoms. The standard InChI is InChI=1S/C17H14Cl2N4O/c1-10-2-4-16(14(21)6-10)22-9-11(8-20)17(24)23-15-5-3-12(18)7-13(15)19/h2-7,9,22H,21H2,1H3,(H,23,24)/b11-9-. The first-order valence-electron chi connectivity index (χ1n) is 6.90. The van der Waals surface area contributed by atoms with Gasteiger partial charge in [0.05, 0.1) is 22.1 Å². The third-order valence-electron chi connectivity index (χ3n) is 3.12. The van der Waals surface area contributed by atoms with Gasteiger partial charge in [-0.15, -0.1) is 0 Å². The number of nitrogens with zero attached hydrogens (tertiary/aromatic N) is 1. The Morgan fingerprint density at radius 3 is 2.54 bits per heavy atom. The fraction of sp³-hybridized carbons (Fsp3) is 0.0588. The molecule has 0 aromatic heterocycles. The summed E-state index contributed by atoms with van der Waals surface area (Å²) in [4.78, 5) is 12.2. The van der Waals surface area contributed by atoms with E-state index in [1.807, 2.05) is 19.1 Å². The van der Waals surface area contributed by atoms with E-state index in [9.17, 15) is 10.1 Å². The van der Waals surface area contributed by atoms with Gasteiger partial charge in [-0.05, 0) is 42.8 Å². The average Bonchev–Trinajstić information content (AvgIpc) is 2.52. The molecule has 4 N–H and O–H groups in total. The van der Waals surface area contributed by atoms with E-state index in [1.54, 1.807) is 24.3 Å². The smallest absolute Gasteiger partial charge is 0.267 e. The van der Waals surface area contributed by atoms with Crippen LogP contribution in [0.5, 0.6) is 0 Å². The van der Waals surface area contributed by atoms with Gasteiger partial charge in [0.1, 0.15) is 11.6 Å². The third kappa shape index (κ3) is 4.42. The lowest BCUT2D eigenvalue weighted by Crippen LogP contribution is -2.15. The van der Waals surface area contributed by atoms with Crippen molar-refractivity contribution in [2.45, 2.75) is 6.92 Å². The minimum Gasteiger partial charge on any atom is -0.397 e. The second-order valence-electron chi connectivity index (χ2n) is 4.98. The number of rotatable bonds is 4. The van der Waals surface area contributed by atoms with Gasteiger partial charge in [-0.2, -0.15) is 5.26 Å². The van der Waals surface area contributed by atoms with Crippen LogP contribution in [0, 0.1) is 18.3 Å². The van der Waals surface area contributed by atoms with Crippen LogP contribution in [0.2, 0.25) is 10.0 Å². The predicted octanol–water partition coefficient (Wildman–Crippen LogP) is 4.34. The van der Waals surface area contributed by atoms with Crippen molar-refractivity contribution >= 4 is 46.2 Å². The number of nitrogen functional groups attached to an aromatic ring is 1. The monoisotopic (exact) mass is 360 g/mol. The topological polar surface area (TPSA) is 90.9 Å². The van der Waals surface area contributed by atoms with Gasteiger partial charge in [0.25, 0.3) is 5.91 Å². The van der Waals surface area contributed by atoms with Crippen LogP contribution < -0.4 is 16.4 Å². The highest BCUT2D eigenvalue weighted by Crippen LogP contribution is 2.26. The van der Waals surface area contributed by atoms with Gasteiger partial charge >= 0.3 is 0 Å². The van der Waals surface area contributed by atoms with Crippen molar-refractivity contribution < 1.29 is 4.79 Å². The first-order valence-corrected chi connectivity index (χ1v) is 7.65. The van der Waals surface area contributed by atoms with Gasteiger partial charge < -0.3 is 16.4 Å². The lowest BCUT2D eigenvalue weighted by Gasteiger charge is -2.08. The van der Waals surface area contributed by atoms with Crippen LogP contribution in [0.15, 0.2) is 48.2 Å². The Morgan fingerprint density at radius 1 is 1.21 bits per heavy atom. The highest BCUT2D eigenvalue weighted by Gasteiger charge is 2.11. The number of benzene rings is 2. The normalized spacial score (nSPS) is 10.8. The number of carbonyl (C=O) groups is 1. The van der Waals surface area contributed by atoms with Crippen molar-refractivity contribution in [3.05, 3.63) is 63.8 Å². The molecule has 24 heavy (non-hydrogen) atoms. The highest BCUT2D eigenvalue weighted by atomic mass is 35.5. The second-order valence-corrected chi connectivity index (χ2v) is 5.83. The Labute approximate surface area is 149 Å². The molecule has 0 radical (unpaired) electrons. The Morgan fingerprint density at radius 2 is 1.92 bits per heavy atom. The van der Waals surface area contributed by atoms with Gasteiger partial charge in [0.15, 0.2) is 0 Å². The van der Waals surface area contributed by atoms with Crippen molar-refractivity contribution in [1.29, 1.82) is 5.26 Å². The molecule has 5 nitrogen and oxygen atoms in total. The van der Waals surface area contributed by atoms with Gasteiger partial charge in [-0.1, -0.05) is 29.3 Å². The van der Waals surface area contributed by atoms with E-state index in [0.29, 0.717) is 22.1 Å². The molecular weight excluding hydrogens is 347 g/mol. The number of nitriles is 1. The summed E-state index contributed by atoms with van der Waals surface area (Å²) in [5.41, 5.74) is 8.25. The molecule has 1 amide bonds. The van der Waals surface area contributed by atoms with Crippen LogP contribution in [0.4, 0.5) is 17.1 Å². The summed E-state index contributed by atoms with van der Waals surface area (Å²) in [6.07, 6.45) is 1.29. The molecular formula is C17H14Cl2N4O. The molecule has 0 aliphatic carbocycles. The van der Waals surface area contributed by atoms with Gasteiger partial charge in [0.2, 0.25) is 0 Å². The van der Waals surface area contributed by atoms with E-state index in [1.165, 1.54) is 12.3 Å². The number of aryl methyl sites for hydroxylation is 1. The quantitative estimate of drug-likeness (QED) is 0.429. The fourth-order valence-corrected chi connectivity index (χ4v) is 2.35. The number of halogens is 2. The summed E-state index contributed by atoms with van der Waals surface area (Å²) in [6.45, 7) is 1.92. The van der Waals surface area contributed by atoms with E-state index >= 15 is 0 Å². The predicted molar refractivity (Wildman–Crippen MR) is 98.0 cm³/mol. The van der Waals surface area contributed by atoms with Crippen LogP contribution in [0.1, 0.15) is 5.56 Å². The first kappa shape index (κ1) is 17.7. The van der Waals surface area contributed by atoms with E-state index in [-0.39, 0.29) is 10.6 Å².